The molecule has 1 heterocycles. The van der Waals surface area contributed by atoms with E-state index in [1.165, 1.54) is 19.3 Å². The monoisotopic (exact) mass is 285 g/mol. The van der Waals surface area contributed by atoms with E-state index in [0.717, 1.165) is 35.5 Å². The number of nitrogens with zero attached hydrogens (tertiary/aromatic N) is 1. The van der Waals surface area contributed by atoms with Crippen molar-refractivity contribution in [2.75, 3.05) is 6.61 Å². The molecule has 0 saturated heterocycles. The third-order valence-electron chi connectivity index (χ3n) is 2.45. The van der Waals surface area contributed by atoms with Gasteiger partial charge in [0.25, 0.3) is 0 Å². The van der Waals surface area contributed by atoms with Crippen LogP contribution in [0.5, 0.6) is 5.75 Å². The Hall–Kier alpha value is -0.570. The van der Waals surface area contributed by atoms with Crippen LogP contribution in [0, 0.1) is 6.92 Å². The van der Waals surface area contributed by atoms with E-state index in [1.54, 1.807) is 0 Å². The zero-order valence-electron chi connectivity index (χ0n) is 10.1. The normalized spacial score (nSPS) is 10.4. The van der Waals surface area contributed by atoms with Gasteiger partial charge in [-0.1, -0.05) is 42.1 Å². The van der Waals surface area contributed by atoms with Gasteiger partial charge in [0.15, 0.2) is 0 Å². The highest BCUT2D eigenvalue weighted by molar-refractivity contribution is 9.08. The standard InChI is InChI=1S/C13H20BrNO/c1-3-4-5-6-9-16-13-8-7-11(2)15-12(13)10-14/h7-8H,3-6,9-10H2,1-2H3. The van der Waals surface area contributed by atoms with Crippen molar-refractivity contribution in [3.63, 3.8) is 0 Å². The topological polar surface area (TPSA) is 22.1 Å². The molecular formula is C13H20BrNO. The molecule has 0 aliphatic heterocycles. The highest BCUT2D eigenvalue weighted by atomic mass is 79.9. The minimum Gasteiger partial charge on any atom is -0.492 e. The molecule has 3 heteroatoms. The molecule has 1 aromatic rings. The fourth-order valence-electron chi connectivity index (χ4n) is 1.54. The molecule has 16 heavy (non-hydrogen) atoms. The second-order valence-electron chi connectivity index (χ2n) is 3.94. The minimum absolute atomic E-state index is 0.749. The minimum atomic E-state index is 0.749. The van der Waals surface area contributed by atoms with Gasteiger partial charge in [-0.15, -0.1) is 0 Å². The Morgan fingerprint density at radius 2 is 2.06 bits per heavy atom. The summed E-state index contributed by atoms with van der Waals surface area (Å²) < 4.78 is 5.74. The Balaban J connectivity index is 2.41. The number of hydrogen-bond acceptors (Lipinski definition) is 2. The number of hydrogen-bond donors (Lipinski definition) is 0. The molecular weight excluding hydrogens is 266 g/mol. The Kier molecular flexibility index (Phi) is 6.46. The van der Waals surface area contributed by atoms with Crippen molar-refractivity contribution in [3.8, 4) is 5.75 Å². The molecule has 2 nitrogen and oxygen atoms in total. The third-order valence-corrected chi connectivity index (χ3v) is 2.98. The van der Waals surface area contributed by atoms with Crippen molar-refractivity contribution >= 4 is 15.9 Å². The molecule has 0 aliphatic rings. The van der Waals surface area contributed by atoms with Crippen molar-refractivity contribution in [1.82, 2.24) is 4.98 Å². The lowest BCUT2D eigenvalue weighted by atomic mass is 10.2. The first-order valence-electron chi connectivity index (χ1n) is 5.93. The van der Waals surface area contributed by atoms with Crippen molar-refractivity contribution < 1.29 is 4.74 Å². The van der Waals surface area contributed by atoms with Gasteiger partial charge in [-0.2, -0.15) is 0 Å². The number of aromatic nitrogens is 1. The third kappa shape index (κ3) is 4.52. The van der Waals surface area contributed by atoms with Gasteiger partial charge in [0.2, 0.25) is 0 Å². The predicted octanol–water partition coefficient (Wildman–Crippen LogP) is 4.24. The molecule has 90 valence electrons. The summed E-state index contributed by atoms with van der Waals surface area (Å²) in [5.41, 5.74) is 2.03. The van der Waals surface area contributed by atoms with Crippen LogP contribution in [-0.4, -0.2) is 11.6 Å². The molecule has 0 amide bonds. The van der Waals surface area contributed by atoms with E-state index in [4.69, 9.17) is 4.74 Å². The van der Waals surface area contributed by atoms with Crippen LogP contribution in [0.3, 0.4) is 0 Å². The maximum atomic E-state index is 5.74. The molecule has 0 bridgehead atoms. The van der Waals surface area contributed by atoms with Gasteiger partial charge in [0.05, 0.1) is 12.3 Å². The number of ether oxygens (including phenoxy) is 1. The van der Waals surface area contributed by atoms with Gasteiger partial charge in [-0.05, 0) is 25.5 Å². The number of aryl methyl sites for hydroxylation is 1. The second kappa shape index (κ2) is 7.66. The first kappa shape index (κ1) is 13.5. The van der Waals surface area contributed by atoms with E-state index in [2.05, 4.69) is 27.8 Å². The summed E-state index contributed by atoms with van der Waals surface area (Å²) in [6.45, 7) is 5.01. The summed E-state index contributed by atoms with van der Waals surface area (Å²) in [6.07, 6.45) is 4.93. The highest BCUT2D eigenvalue weighted by Gasteiger charge is 2.04. The SMILES string of the molecule is CCCCCCOc1ccc(C)nc1CBr. The second-order valence-corrected chi connectivity index (χ2v) is 4.50. The number of rotatable bonds is 7. The fraction of sp³-hybridized carbons (Fsp3) is 0.615. The summed E-state index contributed by atoms with van der Waals surface area (Å²) in [4.78, 5) is 4.43. The summed E-state index contributed by atoms with van der Waals surface area (Å²) in [7, 11) is 0. The van der Waals surface area contributed by atoms with Gasteiger partial charge >= 0.3 is 0 Å². The van der Waals surface area contributed by atoms with Crippen LogP contribution in [0.2, 0.25) is 0 Å². The Morgan fingerprint density at radius 3 is 2.75 bits per heavy atom. The van der Waals surface area contributed by atoms with Crippen molar-refractivity contribution in [2.45, 2.75) is 44.9 Å². The quantitative estimate of drug-likeness (QED) is 0.552. The Labute approximate surface area is 107 Å². The number of halogens is 1. The largest absolute Gasteiger partial charge is 0.492 e. The van der Waals surface area contributed by atoms with Crippen molar-refractivity contribution in [2.24, 2.45) is 0 Å². The average Bonchev–Trinajstić information content (AvgIpc) is 2.30. The van der Waals surface area contributed by atoms with Crippen LogP contribution < -0.4 is 4.74 Å². The molecule has 0 saturated carbocycles. The van der Waals surface area contributed by atoms with Gasteiger partial charge in [-0.3, -0.25) is 4.98 Å². The van der Waals surface area contributed by atoms with E-state index >= 15 is 0 Å². The number of pyridine rings is 1. The first-order chi connectivity index (χ1) is 7.77. The van der Waals surface area contributed by atoms with Crippen molar-refractivity contribution in [1.29, 1.82) is 0 Å². The molecule has 1 aromatic heterocycles. The molecule has 0 fully saturated rings. The van der Waals surface area contributed by atoms with Crippen LogP contribution in [0.1, 0.15) is 44.0 Å². The van der Waals surface area contributed by atoms with Crippen LogP contribution in [0.25, 0.3) is 0 Å². The molecule has 0 atom stereocenters. The van der Waals surface area contributed by atoms with E-state index in [0.29, 0.717) is 0 Å². The molecule has 1 rings (SSSR count). The van der Waals surface area contributed by atoms with E-state index in [-0.39, 0.29) is 0 Å². The number of unbranched alkanes of at least 4 members (excludes halogenated alkanes) is 3. The molecule has 0 N–H and O–H groups in total. The average molecular weight is 286 g/mol. The molecule has 0 aliphatic carbocycles. The Bertz CT molecular complexity index is 315. The lowest BCUT2D eigenvalue weighted by Crippen LogP contribution is -2.01. The van der Waals surface area contributed by atoms with E-state index < -0.39 is 0 Å². The van der Waals surface area contributed by atoms with Gasteiger partial charge in [-0.25, -0.2) is 0 Å². The molecule has 0 aromatic carbocycles. The maximum Gasteiger partial charge on any atom is 0.141 e. The van der Waals surface area contributed by atoms with Crippen LogP contribution >= 0.6 is 15.9 Å². The number of alkyl halides is 1. The summed E-state index contributed by atoms with van der Waals surface area (Å²) >= 11 is 3.43. The fourth-order valence-corrected chi connectivity index (χ4v) is 1.94. The van der Waals surface area contributed by atoms with E-state index in [1.807, 2.05) is 19.1 Å². The van der Waals surface area contributed by atoms with Gasteiger partial charge in [0.1, 0.15) is 5.75 Å². The van der Waals surface area contributed by atoms with Crippen LogP contribution in [0.4, 0.5) is 0 Å². The summed E-state index contributed by atoms with van der Waals surface area (Å²) in [5.74, 6) is 0.916. The maximum absolute atomic E-state index is 5.74. The predicted molar refractivity (Wildman–Crippen MR) is 71.2 cm³/mol. The zero-order valence-corrected chi connectivity index (χ0v) is 11.7. The van der Waals surface area contributed by atoms with E-state index in [9.17, 15) is 0 Å². The zero-order chi connectivity index (χ0) is 11.8. The lowest BCUT2D eigenvalue weighted by molar-refractivity contribution is 0.301. The smallest absolute Gasteiger partial charge is 0.141 e. The summed E-state index contributed by atoms with van der Waals surface area (Å²) in [5, 5.41) is 0.749. The first-order valence-corrected chi connectivity index (χ1v) is 7.05. The van der Waals surface area contributed by atoms with Crippen LogP contribution in [0.15, 0.2) is 12.1 Å². The highest BCUT2D eigenvalue weighted by Crippen LogP contribution is 2.19. The van der Waals surface area contributed by atoms with Gasteiger partial charge < -0.3 is 4.74 Å². The summed E-state index contributed by atoms with van der Waals surface area (Å²) in [6, 6.07) is 4.01. The van der Waals surface area contributed by atoms with Gasteiger partial charge in [0, 0.05) is 11.0 Å². The molecule has 0 spiro atoms. The van der Waals surface area contributed by atoms with Crippen LogP contribution in [-0.2, 0) is 5.33 Å². The molecule has 0 radical (unpaired) electrons. The van der Waals surface area contributed by atoms with Crippen molar-refractivity contribution in [3.05, 3.63) is 23.5 Å². The Morgan fingerprint density at radius 1 is 1.25 bits per heavy atom. The lowest BCUT2D eigenvalue weighted by Gasteiger charge is -2.09. The molecule has 0 unspecified atom stereocenters.